The van der Waals surface area contributed by atoms with Crippen molar-refractivity contribution >= 4 is 22.5 Å². The SMILES string of the molecule is CN(C(=O)c1ccncc1)c1ccc2[nH]ncc2c1. The van der Waals surface area contributed by atoms with Gasteiger partial charge in [0.15, 0.2) is 0 Å². The van der Waals surface area contributed by atoms with Crippen molar-refractivity contribution in [3.05, 3.63) is 54.5 Å². The molecule has 2 heterocycles. The molecule has 1 aromatic carbocycles. The lowest BCUT2D eigenvalue weighted by molar-refractivity contribution is 0.0993. The highest BCUT2D eigenvalue weighted by molar-refractivity contribution is 6.06. The Bertz CT molecular complexity index is 720. The zero-order valence-electron chi connectivity index (χ0n) is 10.4. The predicted molar refractivity (Wildman–Crippen MR) is 73.1 cm³/mol. The summed E-state index contributed by atoms with van der Waals surface area (Å²) in [5.41, 5.74) is 2.40. The predicted octanol–water partition coefficient (Wildman–Crippen LogP) is 2.23. The van der Waals surface area contributed by atoms with E-state index in [2.05, 4.69) is 15.2 Å². The summed E-state index contributed by atoms with van der Waals surface area (Å²) < 4.78 is 0. The second kappa shape index (κ2) is 4.53. The van der Waals surface area contributed by atoms with E-state index in [4.69, 9.17) is 0 Å². The lowest BCUT2D eigenvalue weighted by atomic mass is 10.2. The van der Waals surface area contributed by atoms with Crippen LogP contribution in [0.1, 0.15) is 10.4 Å². The number of aromatic amines is 1. The fourth-order valence-electron chi connectivity index (χ4n) is 1.94. The van der Waals surface area contributed by atoms with Crippen LogP contribution in [0, 0.1) is 0 Å². The third kappa shape index (κ3) is 2.06. The molecule has 3 rings (SSSR count). The summed E-state index contributed by atoms with van der Waals surface area (Å²) in [5.74, 6) is -0.0646. The highest BCUT2D eigenvalue weighted by atomic mass is 16.2. The molecule has 0 aliphatic heterocycles. The van der Waals surface area contributed by atoms with Crippen molar-refractivity contribution in [2.45, 2.75) is 0 Å². The van der Waals surface area contributed by atoms with Gasteiger partial charge in [-0.25, -0.2) is 0 Å². The average molecular weight is 252 g/mol. The fraction of sp³-hybridized carbons (Fsp3) is 0.0714. The highest BCUT2D eigenvalue weighted by Crippen LogP contribution is 2.20. The number of pyridine rings is 1. The molecule has 0 saturated carbocycles. The molecule has 0 unspecified atom stereocenters. The van der Waals surface area contributed by atoms with E-state index in [1.54, 1.807) is 42.7 Å². The number of carbonyl (C=O) groups is 1. The Balaban J connectivity index is 1.94. The van der Waals surface area contributed by atoms with Crippen LogP contribution in [-0.4, -0.2) is 28.1 Å². The van der Waals surface area contributed by atoms with Gasteiger partial charge in [-0.05, 0) is 30.3 Å². The van der Waals surface area contributed by atoms with Gasteiger partial charge in [-0.1, -0.05) is 0 Å². The van der Waals surface area contributed by atoms with Crippen LogP contribution in [0.2, 0.25) is 0 Å². The summed E-state index contributed by atoms with van der Waals surface area (Å²) in [6.45, 7) is 0. The Kier molecular flexibility index (Phi) is 2.72. The monoisotopic (exact) mass is 252 g/mol. The topological polar surface area (TPSA) is 61.9 Å². The zero-order valence-corrected chi connectivity index (χ0v) is 10.4. The van der Waals surface area contributed by atoms with Crippen molar-refractivity contribution in [1.82, 2.24) is 15.2 Å². The first-order chi connectivity index (χ1) is 9.25. The third-order valence-corrected chi connectivity index (χ3v) is 3.04. The Hall–Kier alpha value is -2.69. The molecule has 2 aromatic heterocycles. The number of nitrogens with one attached hydrogen (secondary N) is 1. The molecule has 0 fully saturated rings. The van der Waals surface area contributed by atoms with Crippen LogP contribution in [0.3, 0.4) is 0 Å². The molecule has 1 amide bonds. The molecule has 0 spiro atoms. The first-order valence-electron chi connectivity index (χ1n) is 5.87. The van der Waals surface area contributed by atoms with Crippen LogP contribution in [0.5, 0.6) is 0 Å². The molecule has 5 nitrogen and oxygen atoms in total. The summed E-state index contributed by atoms with van der Waals surface area (Å²) in [5, 5.41) is 7.83. The molecule has 0 saturated heterocycles. The number of nitrogens with zero attached hydrogens (tertiary/aromatic N) is 3. The number of rotatable bonds is 2. The van der Waals surface area contributed by atoms with Crippen LogP contribution in [0.25, 0.3) is 10.9 Å². The second-order valence-electron chi connectivity index (χ2n) is 4.24. The molecular formula is C14H12N4O. The number of hydrogen-bond donors (Lipinski definition) is 1. The molecule has 5 heteroatoms. The molecule has 1 N–H and O–H groups in total. The van der Waals surface area contributed by atoms with Gasteiger partial charge in [-0.15, -0.1) is 0 Å². The van der Waals surface area contributed by atoms with Crippen molar-refractivity contribution in [2.24, 2.45) is 0 Å². The smallest absolute Gasteiger partial charge is 0.258 e. The van der Waals surface area contributed by atoms with Crippen LogP contribution >= 0.6 is 0 Å². The summed E-state index contributed by atoms with van der Waals surface area (Å²) in [6, 6.07) is 9.13. The van der Waals surface area contributed by atoms with Gasteiger partial charge in [-0.2, -0.15) is 5.10 Å². The Morgan fingerprint density at radius 3 is 2.79 bits per heavy atom. The molecule has 0 aliphatic rings. The van der Waals surface area contributed by atoms with E-state index in [1.165, 1.54) is 0 Å². The Labute approximate surface area is 109 Å². The Morgan fingerprint density at radius 1 is 1.21 bits per heavy atom. The number of hydrogen-bond acceptors (Lipinski definition) is 3. The van der Waals surface area contributed by atoms with Gasteiger partial charge in [0.25, 0.3) is 5.91 Å². The summed E-state index contributed by atoms with van der Waals surface area (Å²) in [4.78, 5) is 17.8. The standard InChI is InChI=1S/C14H12N4O/c1-18(14(19)10-4-6-15-7-5-10)12-2-3-13-11(8-12)9-16-17-13/h2-9H,1H3,(H,16,17). The maximum Gasteiger partial charge on any atom is 0.258 e. The highest BCUT2D eigenvalue weighted by Gasteiger charge is 2.13. The third-order valence-electron chi connectivity index (χ3n) is 3.04. The number of anilines is 1. The van der Waals surface area contributed by atoms with Crippen LogP contribution in [0.15, 0.2) is 48.9 Å². The van der Waals surface area contributed by atoms with Crippen LogP contribution in [0.4, 0.5) is 5.69 Å². The molecule has 94 valence electrons. The van der Waals surface area contributed by atoms with Gasteiger partial charge in [0.05, 0.1) is 11.7 Å². The lowest BCUT2D eigenvalue weighted by Gasteiger charge is -2.17. The minimum absolute atomic E-state index is 0.0646. The van der Waals surface area contributed by atoms with Gasteiger partial charge >= 0.3 is 0 Å². The minimum Gasteiger partial charge on any atom is -0.311 e. The number of H-pyrrole nitrogens is 1. The first-order valence-corrected chi connectivity index (χ1v) is 5.87. The number of aromatic nitrogens is 3. The van der Waals surface area contributed by atoms with Crippen molar-refractivity contribution < 1.29 is 4.79 Å². The van der Waals surface area contributed by atoms with Crippen LogP contribution in [-0.2, 0) is 0 Å². The van der Waals surface area contributed by atoms with Gasteiger partial charge in [0.1, 0.15) is 0 Å². The molecule has 0 radical (unpaired) electrons. The molecule has 0 bridgehead atoms. The summed E-state index contributed by atoms with van der Waals surface area (Å²) in [6.07, 6.45) is 4.96. The van der Waals surface area contributed by atoms with E-state index >= 15 is 0 Å². The lowest BCUT2D eigenvalue weighted by Crippen LogP contribution is -2.26. The van der Waals surface area contributed by atoms with Crippen molar-refractivity contribution in [3.8, 4) is 0 Å². The molecule has 19 heavy (non-hydrogen) atoms. The van der Waals surface area contributed by atoms with E-state index in [1.807, 2.05) is 18.2 Å². The number of benzene rings is 1. The van der Waals surface area contributed by atoms with E-state index in [0.717, 1.165) is 16.6 Å². The van der Waals surface area contributed by atoms with Gasteiger partial charge in [-0.3, -0.25) is 14.9 Å². The van der Waals surface area contributed by atoms with E-state index in [9.17, 15) is 4.79 Å². The number of carbonyl (C=O) groups excluding carboxylic acids is 1. The maximum atomic E-state index is 12.3. The summed E-state index contributed by atoms with van der Waals surface area (Å²) >= 11 is 0. The number of fused-ring (bicyclic) bond motifs is 1. The Morgan fingerprint density at radius 2 is 2.00 bits per heavy atom. The summed E-state index contributed by atoms with van der Waals surface area (Å²) in [7, 11) is 1.75. The molecule has 3 aromatic rings. The van der Waals surface area contributed by atoms with Gasteiger partial charge < -0.3 is 4.90 Å². The normalized spacial score (nSPS) is 10.6. The van der Waals surface area contributed by atoms with E-state index < -0.39 is 0 Å². The fourth-order valence-corrected chi connectivity index (χ4v) is 1.94. The van der Waals surface area contributed by atoms with Crippen LogP contribution < -0.4 is 4.90 Å². The molecule has 0 aliphatic carbocycles. The maximum absolute atomic E-state index is 12.3. The van der Waals surface area contributed by atoms with Crippen molar-refractivity contribution in [2.75, 3.05) is 11.9 Å². The minimum atomic E-state index is -0.0646. The van der Waals surface area contributed by atoms with Crippen molar-refractivity contribution in [1.29, 1.82) is 0 Å². The molecular weight excluding hydrogens is 240 g/mol. The largest absolute Gasteiger partial charge is 0.311 e. The second-order valence-corrected chi connectivity index (χ2v) is 4.24. The average Bonchev–Trinajstić information content (AvgIpc) is 2.94. The zero-order chi connectivity index (χ0) is 13.2. The molecule has 0 atom stereocenters. The van der Waals surface area contributed by atoms with E-state index in [0.29, 0.717) is 5.56 Å². The number of amides is 1. The van der Waals surface area contributed by atoms with Gasteiger partial charge in [0.2, 0.25) is 0 Å². The van der Waals surface area contributed by atoms with E-state index in [-0.39, 0.29) is 5.91 Å². The quantitative estimate of drug-likeness (QED) is 0.760. The first kappa shape index (κ1) is 11.4. The van der Waals surface area contributed by atoms with Gasteiger partial charge in [0, 0.05) is 36.1 Å². The van der Waals surface area contributed by atoms with Crippen molar-refractivity contribution in [3.63, 3.8) is 0 Å².